The molecular weight excluding hydrogens is 212 g/mol. The lowest BCUT2D eigenvalue weighted by Crippen LogP contribution is -2.27. The van der Waals surface area contributed by atoms with E-state index in [4.69, 9.17) is 22.4 Å². The molecule has 0 aromatic carbocycles. The molecule has 0 saturated carbocycles. The van der Waals surface area contributed by atoms with Gasteiger partial charge in [-0.25, -0.2) is 0 Å². The fourth-order valence-corrected chi connectivity index (χ4v) is 1.89. The first-order chi connectivity index (χ1) is 6.87. The Kier molecular flexibility index (Phi) is 4.62. The van der Waals surface area contributed by atoms with Crippen molar-refractivity contribution in [3.05, 3.63) is 11.9 Å². The van der Waals surface area contributed by atoms with E-state index in [2.05, 4.69) is 11.2 Å². The van der Waals surface area contributed by atoms with E-state index < -0.39 is 7.34 Å². The maximum atomic E-state index is 9.12. The second-order valence-corrected chi connectivity index (χ2v) is 5.76. The molecule has 15 heavy (non-hydrogen) atoms. The Bertz CT molecular complexity index is 267. The fraction of sp³-hybridized carbons (Fsp3) is 0.667. The van der Waals surface area contributed by atoms with E-state index in [1.807, 2.05) is 7.05 Å². The number of likely N-dealkylation sites (N-methyl/N-ethyl adjacent to an activating group) is 1. The van der Waals surface area contributed by atoms with Crippen molar-refractivity contribution in [3.8, 4) is 0 Å². The highest BCUT2D eigenvalue weighted by molar-refractivity contribution is 7.65. The van der Waals surface area contributed by atoms with Crippen LogP contribution in [0.2, 0.25) is 0 Å². The zero-order valence-electron chi connectivity index (χ0n) is 8.91. The van der Waals surface area contributed by atoms with Crippen molar-refractivity contribution in [3.63, 3.8) is 0 Å². The molecule has 2 unspecified atom stereocenters. The molecule has 2 N–H and O–H groups in total. The Balaban J connectivity index is 2.59. The topological polar surface area (TPSA) is 52.9 Å². The van der Waals surface area contributed by atoms with E-state index in [1.54, 1.807) is 6.08 Å². The third-order valence-corrected chi connectivity index (χ3v) is 2.83. The van der Waals surface area contributed by atoms with E-state index in [1.165, 1.54) is 5.82 Å². The van der Waals surface area contributed by atoms with Crippen LogP contribution in [-0.2, 0) is 4.74 Å². The van der Waals surface area contributed by atoms with Gasteiger partial charge >= 0.3 is 0 Å². The summed E-state index contributed by atoms with van der Waals surface area (Å²) in [5.74, 6) is 1.31. The lowest BCUT2D eigenvalue weighted by atomic mass is 9.97. The summed E-state index contributed by atoms with van der Waals surface area (Å²) in [6.45, 7) is 1.58. The minimum atomic E-state index is -3.11. The largest absolute Gasteiger partial charge is 0.379 e. The molecule has 1 rings (SSSR count). The quantitative estimate of drug-likeness (QED) is 0.516. The summed E-state index contributed by atoms with van der Waals surface area (Å²) in [7, 11) is 4.59. The average molecular weight is 229 g/mol. The predicted molar refractivity (Wildman–Crippen MR) is 64.1 cm³/mol. The summed E-state index contributed by atoms with van der Waals surface area (Å²) < 4.78 is 5.49. The van der Waals surface area contributed by atoms with Crippen LogP contribution < -0.4 is 0 Å². The van der Waals surface area contributed by atoms with Crippen LogP contribution in [0, 0.1) is 0 Å². The van der Waals surface area contributed by atoms with Crippen molar-refractivity contribution in [2.75, 3.05) is 20.1 Å². The van der Waals surface area contributed by atoms with E-state index >= 15 is 0 Å². The number of hydrogen-bond acceptors (Lipinski definition) is 4. The van der Waals surface area contributed by atoms with Gasteiger partial charge in [-0.2, -0.15) is 0 Å². The van der Waals surface area contributed by atoms with Crippen LogP contribution >= 0.6 is 7.34 Å². The van der Waals surface area contributed by atoms with Crippen molar-refractivity contribution >= 4 is 21.5 Å². The van der Waals surface area contributed by atoms with E-state index in [9.17, 15) is 0 Å². The molecule has 1 saturated heterocycles. The summed E-state index contributed by atoms with van der Waals surface area (Å²) in [4.78, 5) is 20.3. The molecular formula is C9H17BNO3P. The summed E-state index contributed by atoms with van der Waals surface area (Å²) in [5, 5.41) is 0. The molecule has 2 radical (unpaired) electrons. The standard InChI is InChI=1S/C9H17BNO3P/c1-11-5-3-9(10)14-8(7-11)4-6-15(2,12)13/h4,6,8-9,12-13H,2-3,5,7H2,1H3/b6-4+. The molecule has 1 aliphatic heterocycles. The average Bonchev–Trinajstić information content (AvgIpc) is 2.24. The van der Waals surface area contributed by atoms with Gasteiger partial charge in [-0.1, -0.05) is 0 Å². The minimum absolute atomic E-state index is 0.201. The van der Waals surface area contributed by atoms with Gasteiger partial charge in [-0.15, -0.1) is 0 Å². The summed E-state index contributed by atoms with van der Waals surface area (Å²) in [6.07, 6.45) is 5.46. The molecule has 0 spiro atoms. The highest BCUT2D eigenvalue weighted by atomic mass is 31.2. The zero-order chi connectivity index (χ0) is 11.5. The van der Waals surface area contributed by atoms with Gasteiger partial charge in [-0.3, -0.25) is 0 Å². The second-order valence-electron chi connectivity index (χ2n) is 3.89. The van der Waals surface area contributed by atoms with Gasteiger partial charge in [0, 0.05) is 12.5 Å². The molecule has 1 aliphatic rings. The SMILES string of the molecule is [B]C1CCN(C)CC(/C=C/P(=C)(O)O)O1. The van der Waals surface area contributed by atoms with Crippen molar-refractivity contribution in [1.29, 1.82) is 0 Å². The molecule has 4 nitrogen and oxygen atoms in total. The molecule has 0 amide bonds. The Labute approximate surface area is 92.1 Å². The molecule has 1 heterocycles. The van der Waals surface area contributed by atoms with Crippen LogP contribution in [0.4, 0.5) is 0 Å². The van der Waals surface area contributed by atoms with Crippen LogP contribution in [0.3, 0.4) is 0 Å². The Morgan fingerprint density at radius 2 is 2.27 bits per heavy atom. The zero-order valence-corrected chi connectivity index (χ0v) is 9.81. The van der Waals surface area contributed by atoms with Gasteiger partial charge in [0.05, 0.1) is 6.10 Å². The lowest BCUT2D eigenvalue weighted by molar-refractivity contribution is 0.0661. The lowest BCUT2D eigenvalue weighted by Gasteiger charge is -2.18. The molecule has 1 fully saturated rings. The van der Waals surface area contributed by atoms with Crippen molar-refractivity contribution < 1.29 is 14.5 Å². The Morgan fingerprint density at radius 3 is 2.87 bits per heavy atom. The maximum absolute atomic E-state index is 9.12. The van der Waals surface area contributed by atoms with Crippen molar-refractivity contribution in [2.24, 2.45) is 0 Å². The first-order valence-electron chi connectivity index (χ1n) is 4.84. The van der Waals surface area contributed by atoms with Crippen molar-refractivity contribution in [2.45, 2.75) is 18.5 Å². The maximum Gasteiger partial charge on any atom is 0.134 e. The monoisotopic (exact) mass is 229 g/mol. The number of ether oxygens (including phenoxy) is 1. The van der Waals surface area contributed by atoms with E-state index in [0.717, 1.165) is 13.0 Å². The molecule has 84 valence electrons. The van der Waals surface area contributed by atoms with E-state index in [0.29, 0.717) is 6.54 Å². The second kappa shape index (κ2) is 5.33. The molecule has 0 bridgehead atoms. The van der Waals surface area contributed by atoms with Crippen LogP contribution in [0.15, 0.2) is 11.9 Å². The third kappa shape index (κ3) is 5.54. The van der Waals surface area contributed by atoms with Crippen LogP contribution in [-0.4, -0.2) is 61.1 Å². The van der Waals surface area contributed by atoms with Crippen LogP contribution in [0.25, 0.3) is 0 Å². The molecule has 0 aromatic rings. The Hall–Kier alpha value is -0.0551. The summed E-state index contributed by atoms with van der Waals surface area (Å²) >= 11 is 0. The van der Waals surface area contributed by atoms with Gasteiger partial charge in [0.25, 0.3) is 0 Å². The number of rotatable bonds is 2. The number of nitrogens with zero attached hydrogens (tertiary/aromatic N) is 1. The van der Waals surface area contributed by atoms with Gasteiger partial charge in [0.2, 0.25) is 0 Å². The van der Waals surface area contributed by atoms with Crippen LogP contribution in [0.5, 0.6) is 0 Å². The highest BCUT2D eigenvalue weighted by Gasteiger charge is 2.18. The van der Waals surface area contributed by atoms with Crippen LogP contribution in [0.1, 0.15) is 6.42 Å². The fourth-order valence-electron chi connectivity index (χ4n) is 1.42. The van der Waals surface area contributed by atoms with Gasteiger partial charge in [0.15, 0.2) is 0 Å². The third-order valence-electron chi connectivity index (χ3n) is 2.18. The first-order valence-corrected chi connectivity index (χ1v) is 6.79. The van der Waals surface area contributed by atoms with Crippen molar-refractivity contribution in [1.82, 2.24) is 4.90 Å². The summed E-state index contributed by atoms with van der Waals surface area (Å²) in [6, 6.07) is -0.292. The van der Waals surface area contributed by atoms with E-state index in [-0.39, 0.29) is 12.1 Å². The Morgan fingerprint density at radius 1 is 1.60 bits per heavy atom. The minimum Gasteiger partial charge on any atom is -0.379 e. The normalized spacial score (nSPS) is 30.6. The van der Waals surface area contributed by atoms with Gasteiger partial charge in [0.1, 0.15) is 15.2 Å². The highest BCUT2D eigenvalue weighted by Crippen LogP contribution is 2.35. The predicted octanol–water partition coefficient (Wildman–Crippen LogP) is -0.0204. The smallest absolute Gasteiger partial charge is 0.134 e. The number of hydrogen-bond donors (Lipinski definition) is 2. The molecule has 6 heteroatoms. The van der Waals surface area contributed by atoms with Gasteiger partial charge in [-0.05, 0) is 38.2 Å². The summed E-state index contributed by atoms with van der Waals surface area (Å²) in [5.41, 5.74) is 0. The molecule has 0 aromatic heterocycles. The molecule has 0 aliphatic carbocycles. The molecule has 2 atom stereocenters. The first kappa shape index (κ1) is 13.0. The van der Waals surface area contributed by atoms with Gasteiger partial charge < -0.3 is 19.4 Å².